The Balaban J connectivity index is 2.33. The summed E-state index contributed by atoms with van der Waals surface area (Å²) < 4.78 is 11.2. The topological polar surface area (TPSA) is 31.4 Å². The van der Waals surface area contributed by atoms with Gasteiger partial charge in [0.15, 0.2) is 0 Å². The van der Waals surface area contributed by atoms with Crippen LogP contribution in [0.15, 0.2) is 24.4 Å². The summed E-state index contributed by atoms with van der Waals surface area (Å²) in [6.07, 6.45) is 2.78. The van der Waals surface area contributed by atoms with E-state index in [2.05, 4.69) is 4.98 Å². The van der Waals surface area contributed by atoms with Gasteiger partial charge in [-0.05, 0) is 38.4 Å². The van der Waals surface area contributed by atoms with Gasteiger partial charge in [-0.2, -0.15) is 0 Å². The molecule has 0 unspecified atom stereocenters. The van der Waals surface area contributed by atoms with Crippen molar-refractivity contribution >= 4 is 9.28 Å². The van der Waals surface area contributed by atoms with E-state index in [0.29, 0.717) is 0 Å². The SMILES string of the molecule is CCO[SiH](CCc1ccccn1)OCC. The van der Waals surface area contributed by atoms with Crippen LogP contribution in [0.5, 0.6) is 0 Å². The minimum atomic E-state index is -1.44. The molecule has 0 aromatic carbocycles. The van der Waals surface area contributed by atoms with Crippen LogP contribution in [0, 0.1) is 0 Å². The van der Waals surface area contributed by atoms with Gasteiger partial charge in [-0.15, -0.1) is 0 Å². The first kappa shape index (κ1) is 12.4. The van der Waals surface area contributed by atoms with Gasteiger partial charge < -0.3 is 8.85 Å². The molecular formula is C11H19NO2Si. The summed E-state index contributed by atoms with van der Waals surface area (Å²) in [5, 5.41) is 0. The van der Waals surface area contributed by atoms with Crippen molar-refractivity contribution in [2.24, 2.45) is 0 Å². The molecule has 84 valence electrons. The van der Waals surface area contributed by atoms with Gasteiger partial charge in [0.1, 0.15) is 0 Å². The summed E-state index contributed by atoms with van der Waals surface area (Å²) in [5.41, 5.74) is 1.12. The predicted octanol–water partition coefficient (Wildman–Crippen LogP) is 1.92. The molecule has 1 rings (SSSR count). The first-order chi connectivity index (χ1) is 7.36. The van der Waals surface area contributed by atoms with E-state index in [9.17, 15) is 0 Å². The molecule has 0 amide bonds. The molecule has 4 heteroatoms. The summed E-state index contributed by atoms with van der Waals surface area (Å²) in [7, 11) is -1.44. The standard InChI is InChI=1S/C11H19NO2Si/c1-3-13-15(14-4-2)10-8-11-7-5-6-9-12-11/h5-7,9,15H,3-4,8,10H2,1-2H3. The predicted molar refractivity (Wildman–Crippen MR) is 63.1 cm³/mol. The third kappa shape index (κ3) is 5.06. The summed E-state index contributed by atoms with van der Waals surface area (Å²) in [4.78, 5) is 4.28. The highest BCUT2D eigenvalue weighted by Gasteiger charge is 2.11. The normalized spacial score (nSPS) is 10.9. The van der Waals surface area contributed by atoms with Crippen molar-refractivity contribution in [1.82, 2.24) is 4.98 Å². The summed E-state index contributed by atoms with van der Waals surface area (Å²) in [5.74, 6) is 0. The molecule has 0 aliphatic rings. The molecule has 1 aromatic rings. The van der Waals surface area contributed by atoms with Crippen LogP contribution in [0.1, 0.15) is 19.5 Å². The summed E-state index contributed by atoms with van der Waals surface area (Å²) in [6.45, 7) is 5.53. The first-order valence-electron chi connectivity index (χ1n) is 5.50. The Kier molecular flexibility index (Phi) is 6.23. The minimum Gasteiger partial charge on any atom is -0.397 e. The van der Waals surface area contributed by atoms with Crippen molar-refractivity contribution in [2.75, 3.05) is 13.2 Å². The lowest BCUT2D eigenvalue weighted by atomic mass is 10.3. The highest BCUT2D eigenvalue weighted by Crippen LogP contribution is 2.04. The third-order valence-electron chi connectivity index (χ3n) is 2.07. The number of hydrogen-bond donors (Lipinski definition) is 0. The Morgan fingerprint density at radius 3 is 2.47 bits per heavy atom. The quantitative estimate of drug-likeness (QED) is 0.664. The van der Waals surface area contributed by atoms with Crippen LogP contribution in [0.3, 0.4) is 0 Å². The molecule has 0 aliphatic heterocycles. The smallest absolute Gasteiger partial charge is 0.321 e. The zero-order valence-corrected chi connectivity index (χ0v) is 10.6. The Labute approximate surface area is 93.3 Å². The van der Waals surface area contributed by atoms with Crippen molar-refractivity contribution in [1.29, 1.82) is 0 Å². The molecule has 1 heterocycles. The number of pyridine rings is 1. The van der Waals surface area contributed by atoms with E-state index in [4.69, 9.17) is 8.85 Å². The number of hydrogen-bond acceptors (Lipinski definition) is 3. The average molecular weight is 225 g/mol. The molecule has 0 atom stereocenters. The third-order valence-corrected chi connectivity index (χ3v) is 4.24. The first-order valence-corrected chi connectivity index (χ1v) is 7.25. The van der Waals surface area contributed by atoms with Gasteiger partial charge in [0, 0.05) is 25.1 Å². The lowest BCUT2D eigenvalue weighted by molar-refractivity contribution is 0.213. The summed E-state index contributed by atoms with van der Waals surface area (Å²) in [6, 6.07) is 6.99. The van der Waals surface area contributed by atoms with Crippen molar-refractivity contribution in [3.63, 3.8) is 0 Å². The highest BCUT2D eigenvalue weighted by molar-refractivity contribution is 6.44. The monoisotopic (exact) mass is 225 g/mol. The zero-order valence-electron chi connectivity index (χ0n) is 9.48. The number of nitrogens with zero attached hydrogens (tertiary/aromatic N) is 1. The van der Waals surface area contributed by atoms with Crippen LogP contribution in [-0.4, -0.2) is 27.5 Å². The van der Waals surface area contributed by atoms with Crippen molar-refractivity contribution in [3.8, 4) is 0 Å². The van der Waals surface area contributed by atoms with Crippen molar-refractivity contribution in [3.05, 3.63) is 30.1 Å². The maximum absolute atomic E-state index is 5.59. The van der Waals surface area contributed by atoms with Gasteiger partial charge in [-0.1, -0.05) is 6.07 Å². The Hall–Kier alpha value is -0.713. The molecule has 15 heavy (non-hydrogen) atoms. The van der Waals surface area contributed by atoms with Gasteiger partial charge >= 0.3 is 9.28 Å². The molecule has 0 radical (unpaired) electrons. The van der Waals surface area contributed by atoms with E-state index in [0.717, 1.165) is 31.4 Å². The second-order valence-electron chi connectivity index (χ2n) is 3.20. The lowest BCUT2D eigenvalue weighted by Crippen LogP contribution is -2.23. The van der Waals surface area contributed by atoms with E-state index in [1.807, 2.05) is 38.2 Å². The molecular weight excluding hydrogens is 206 g/mol. The number of rotatable bonds is 7. The van der Waals surface area contributed by atoms with Gasteiger partial charge in [-0.25, -0.2) is 0 Å². The molecule has 0 bridgehead atoms. The molecule has 0 aliphatic carbocycles. The van der Waals surface area contributed by atoms with Crippen LogP contribution in [-0.2, 0) is 15.3 Å². The van der Waals surface area contributed by atoms with Gasteiger partial charge in [0.05, 0.1) is 0 Å². The van der Waals surface area contributed by atoms with Crippen LogP contribution in [0.2, 0.25) is 6.04 Å². The molecule has 0 N–H and O–H groups in total. The van der Waals surface area contributed by atoms with Crippen LogP contribution in [0.4, 0.5) is 0 Å². The fraction of sp³-hybridized carbons (Fsp3) is 0.545. The molecule has 0 fully saturated rings. The number of aromatic nitrogens is 1. The molecule has 3 nitrogen and oxygen atoms in total. The fourth-order valence-corrected chi connectivity index (χ4v) is 3.10. The van der Waals surface area contributed by atoms with Crippen molar-refractivity contribution < 1.29 is 8.85 Å². The maximum Gasteiger partial charge on any atom is 0.321 e. The second-order valence-corrected chi connectivity index (χ2v) is 5.30. The van der Waals surface area contributed by atoms with E-state index in [1.54, 1.807) is 0 Å². The fourth-order valence-electron chi connectivity index (χ4n) is 1.40. The van der Waals surface area contributed by atoms with E-state index < -0.39 is 9.28 Å². The lowest BCUT2D eigenvalue weighted by Gasteiger charge is -2.14. The molecule has 0 spiro atoms. The minimum absolute atomic E-state index is 0.749. The van der Waals surface area contributed by atoms with Crippen molar-refractivity contribution in [2.45, 2.75) is 26.3 Å². The Bertz CT molecular complexity index is 250. The Morgan fingerprint density at radius 2 is 1.93 bits per heavy atom. The zero-order chi connectivity index (χ0) is 10.9. The van der Waals surface area contributed by atoms with Gasteiger partial charge in [0.2, 0.25) is 0 Å². The largest absolute Gasteiger partial charge is 0.397 e. The van der Waals surface area contributed by atoms with E-state index in [-0.39, 0.29) is 0 Å². The molecule has 0 saturated heterocycles. The number of aryl methyl sites for hydroxylation is 1. The molecule has 0 saturated carbocycles. The van der Waals surface area contributed by atoms with E-state index in [1.165, 1.54) is 0 Å². The van der Waals surface area contributed by atoms with Gasteiger partial charge in [-0.3, -0.25) is 4.98 Å². The maximum atomic E-state index is 5.59. The van der Waals surface area contributed by atoms with E-state index >= 15 is 0 Å². The van der Waals surface area contributed by atoms with Gasteiger partial charge in [0.25, 0.3) is 0 Å². The van der Waals surface area contributed by atoms with Crippen LogP contribution >= 0.6 is 0 Å². The highest BCUT2D eigenvalue weighted by atomic mass is 28.3. The van der Waals surface area contributed by atoms with Crippen LogP contribution < -0.4 is 0 Å². The summed E-state index contributed by atoms with van der Waals surface area (Å²) >= 11 is 0. The van der Waals surface area contributed by atoms with Crippen LogP contribution in [0.25, 0.3) is 0 Å². The Morgan fingerprint density at radius 1 is 1.20 bits per heavy atom. The molecule has 1 aromatic heterocycles. The average Bonchev–Trinajstić information content (AvgIpc) is 2.28. The second kappa shape index (κ2) is 7.56.